The molecule has 0 saturated carbocycles. The molecule has 0 aliphatic rings. The molecular formula is C8H21N3O2S. The highest BCUT2D eigenvalue weighted by atomic mass is 32.2. The molecule has 0 unspecified atom stereocenters. The first-order valence-corrected chi connectivity index (χ1v) is 6.44. The fourth-order valence-electron chi connectivity index (χ4n) is 0.927. The number of nitrogens with one attached hydrogen (secondary N) is 3. The third-order valence-electron chi connectivity index (χ3n) is 1.53. The van der Waals surface area contributed by atoms with Crippen LogP contribution in [0.25, 0.3) is 0 Å². The zero-order chi connectivity index (χ0) is 11.0. The molecule has 86 valence electrons. The lowest BCUT2D eigenvalue weighted by molar-refractivity contribution is 0.548. The summed E-state index contributed by atoms with van der Waals surface area (Å²) in [6.07, 6.45) is 0.794. The van der Waals surface area contributed by atoms with E-state index in [2.05, 4.69) is 28.6 Å². The van der Waals surface area contributed by atoms with Crippen LogP contribution in [0.4, 0.5) is 0 Å². The first-order valence-electron chi connectivity index (χ1n) is 4.95. The van der Waals surface area contributed by atoms with Crippen molar-refractivity contribution in [1.82, 2.24) is 14.8 Å². The molecule has 0 radical (unpaired) electrons. The normalized spacial score (nSPS) is 12.3. The van der Waals surface area contributed by atoms with E-state index in [-0.39, 0.29) is 0 Å². The Morgan fingerprint density at radius 1 is 1.14 bits per heavy atom. The number of rotatable bonds is 8. The Morgan fingerprint density at radius 2 is 1.79 bits per heavy atom. The van der Waals surface area contributed by atoms with Crippen LogP contribution in [0, 0.1) is 0 Å². The minimum atomic E-state index is -3.26. The number of hydrogen-bond donors (Lipinski definition) is 3. The van der Waals surface area contributed by atoms with Crippen molar-refractivity contribution in [3.8, 4) is 0 Å². The molecule has 0 atom stereocenters. The van der Waals surface area contributed by atoms with Crippen molar-refractivity contribution in [3.63, 3.8) is 0 Å². The van der Waals surface area contributed by atoms with Gasteiger partial charge < -0.3 is 5.32 Å². The van der Waals surface area contributed by atoms with Crippen molar-refractivity contribution in [2.24, 2.45) is 0 Å². The van der Waals surface area contributed by atoms with Gasteiger partial charge in [-0.2, -0.15) is 8.42 Å². The van der Waals surface area contributed by atoms with Gasteiger partial charge in [-0.3, -0.25) is 0 Å². The fraction of sp³-hybridized carbons (Fsp3) is 1.00. The standard InChI is InChI=1S/C8H21N3O2S/c1-4-10-14(12,13)11-7-5-6-9-8(2)3/h8-11H,4-7H2,1-3H3. The zero-order valence-electron chi connectivity index (χ0n) is 9.13. The average molecular weight is 223 g/mol. The van der Waals surface area contributed by atoms with Crippen LogP contribution in [-0.2, 0) is 10.2 Å². The quantitative estimate of drug-likeness (QED) is 0.500. The molecule has 0 spiro atoms. The van der Waals surface area contributed by atoms with Crippen LogP contribution < -0.4 is 14.8 Å². The molecule has 0 heterocycles. The van der Waals surface area contributed by atoms with Crippen molar-refractivity contribution < 1.29 is 8.42 Å². The molecule has 0 amide bonds. The minimum absolute atomic E-state index is 0.416. The van der Waals surface area contributed by atoms with E-state index < -0.39 is 10.2 Å². The van der Waals surface area contributed by atoms with Crippen molar-refractivity contribution in [2.75, 3.05) is 19.6 Å². The molecule has 0 aromatic rings. The predicted octanol–water partition coefficient (Wildman–Crippen LogP) is -0.182. The van der Waals surface area contributed by atoms with Gasteiger partial charge in [-0.25, -0.2) is 9.44 Å². The number of hydrogen-bond acceptors (Lipinski definition) is 3. The molecule has 3 N–H and O–H groups in total. The van der Waals surface area contributed by atoms with Gasteiger partial charge in [-0.05, 0) is 13.0 Å². The van der Waals surface area contributed by atoms with E-state index in [1.54, 1.807) is 6.92 Å². The van der Waals surface area contributed by atoms with Crippen LogP contribution in [0.1, 0.15) is 27.2 Å². The largest absolute Gasteiger partial charge is 0.314 e. The Hall–Kier alpha value is -0.170. The van der Waals surface area contributed by atoms with E-state index in [0.29, 0.717) is 19.1 Å². The molecule has 0 fully saturated rings. The van der Waals surface area contributed by atoms with E-state index in [9.17, 15) is 8.42 Å². The van der Waals surface area contributed by atoms with Gasteiger partial charge in [-0.1, -0.05) is 20.8 Å². The molecule has 0 aromatic carbocycles. The van der Waals surface area contributed by atoms with Gasteiger partial charge in [0.15, 0.2) is 0 Å². The summed E-state index contributed by atoms with van der Waals surface area (Å²) in [6.45, 7) is 7.58. The third-order valence-corrected chi connectivity index (χ3v) is 2.79. The molecular weight excluding hydrogens is 202 g/mol. The first kappa shape index (κ1) is 13.8. The van der Waals surface area contributed by atoms with Crippen LogP contribution >= 0.6 is 0 Å². The monoisotopic (exact) mass is 223 g/mol. The second kappa shape index (κ2) is 7.17. The lowest BCUT2D eigenvalue weighted by atomic mass is 10.3. The molecule has 14 heavy (non-hydrogen) atoms. The zero-order valence-corrected chi connectivity index (χ0v) is 9.95. The van der Waals surface area contributed by atoms with Crippen LogP contribution in [0.5, 0.6) is 0 Å². The van der Waals surface area contributed by atoms with Crippen molar-refractivity contribution >= 4 is 10.2 Å². The minimum Gasteiger partial charge on any atom is -0.314 e. The van der Waals surface area contributed by atoms with Crippen LogP contribution in [-0.4, -0.2) is 34.1 Å². The molecule has 0 aliphatic heterocycles. The van der Waals surface area contributed by atoms with Crippen molar-refractivity contribution in [1.29, 1.82) is 0 Å². The second-order valence-electron chi connectivity index (χ2n) is 3.36. The molecule has 0 rings (SSSR count). The summed E-state index contributed by atoms with van der Waals surface area (Å²) < 4.78 is 27.0. The highest BCUT2D eigenvalue weighted by Crippen LogP contribution is 1.81. The summed E-state index contributed by atoms with van der Waals surface area (Å²) in [5.41, 5.74) is 0. The van der Waals surface area contributed by atoms with Crippen LogP contribution in [0.15, 0.2) is 0 Å². The lowest BCUT2D eigenvalue weighted by Gasteiger charge is -2.09. The predicted molar refractivity (Wildman–Crippen MR) is 58.4 cm³/mol. The summed E-state index contributed by atoms with van der Waals surface area (Å²) in [5.74, 6) is 0. The maximum atomic E-state index is 11.1. The van der Waals surface area contributed by atoms with Gasteiger partial charge in [-0.15, -0.1) is 0 Å². The van der Waals surface area contributed by atoms with Crippen molar-refractivity contribution in [2.45, 2.75) is 33.2 Å². The van der Waals surface area contributed by atoms with Gasteiger partial charge in [0.25, 0.3) is 10.2 Å². The molecule has 0 bridgehead atoms. The summed E-state index contributed by atoms with van der Waals surface area (Å²) in [6, 6.07) is 0.445. The van der Waals surface area contributed by atoms with Gasteiger partial charge in [0.1, 0.15) is 0 Å². The highest BCUT2D eigenvalue weighted by molar-refractivity contribution is 7.87. The Morgan fingerprint density at radius 3 is 2.29 bits per heavy atom. The maximum Gasteiger partial charge on any atom is 0.276 e. The molecule has 6 heteroatoms. The third kappa shape index (κ3) is 8.43. The second-order valence-corrected chi connectivity index (χ2v) is 4.94. The Bertz CT molecular complexity index is 227. The molecule has 0 aromatic heterocycles. The van der Waals surface area contributed by atoms with Crippen LogP contribution in [0.3, 0.4) is 0 Å². The van der Waals surface area contributed by atoms with E-state index in [0.717, 1.165) is 13.0 Å². The fourth-order valence-corrected chi connectivity index (χ4v) is 1.82. The topological polar surface area (TPSA) is 70.2 Å². The van der Waals surface area contributed by atoms with Gasteiger partial charge >= 0.3 is 0 Å². The summed E-state index contributed by atoms with van der Waals surface area (Å²) in [5, 5.41) is 3.21. The van der Waals surface area contributed by atoms with Crippen LogP contribution in [0.2, 0.25) is 0 Å². The maximum absolute atomic E-state index is 11.1. The first-order chi connectivity index (χ1) is 6.48. The van der Waals surface area contributed by atoms with Gasteiger partial charge in [0.05, 0.1) is 0 Å². The smallest absolute Gasteiger partial charge is 0.276 e. The van der Waals surface area contributed by atoms with Crippen molar-refractivity contribution in [3.05, 3.63) is 0 Å². The van der Waals surface area contributed by atoms with E-state index in [4.69, 9.17) is 0 Å². The Balaban J connectivity index is 3.45. The molecule has 0 saturated heterocycles. The molecule has 0 aliphatic carbocycles. The summed E-state index contributed by atoms with van der Waals surface area (Å²) in [7, 11) is -3.26. The van der Waals surface area contributed by atoms with Gasteiger partial charge in [0.2, 0.25) is 0 Å². The lowest BCUT2D eigenvalue weighted by Crippen LogP contribution is -2.37. The highest BCUT2D eigenvalue weighted by Gasteiger charge is 2.05. The van der Waals surface area contributed by atoms with E-state index >= 15 is 0 Å². The Labute approximate surface area is 86.8 Å². The van der Waals surface area contributed by atoms with E-state index in [1.165, 1.54) is 0 Å². The summed E-state index contributed by atoms with van der Waals surface area (Å²) >= 11 is 0. The average Bonchev–Trinajstić information content (AvgIpc) is 2.02. The molecule has 5 nitrogen and oxygen atoms in total. The van der Waals surface area contributed by atoms with E-state index in [1.807, 2.05) is 0 Å². The Kier molecular flexibility index (Phi) is 7.08. The van der Waals surface area contributed by atoms with Gasteiger partial charge in [0, 0.05) is 19.1 Å². The SMILES string of the molecule is CCNS(=O)(=O)NCCCNC(C)C. The summed E-state index contributed by atoms with van der Waals surface area (Å²) in [4.78, 5) is 0.